The summed E-state index contributed by atoms with van der Waals surface area (Å²) in [6, 6.07) is 7.48. The lowest BCUT2D eigenvalue weighted by atomic mass is 10.1. The largest absolute Gasteiger partial charge is 0.483 e. The van der Waals surface area contributed by atoms with E-state index in [0.29, 0.717) is 12.3 Å². The second kappa shape index (κ2) is 10.2. The van der Waals surface area contributed by atoms with E-state index in [1.54, 1.807) is 0 Å². The zero-order valence-electron chi connectivity index (χ0n) is 16.1. The fraction of sp³-hybridized carbons (Fsp3) is 0.600. The maximum Gasteiger partial charge on any atom is 0.260 e. The Kier molecular flexibility index (Phi) is 7.91. The van der Waals surface area contributed by atoms with Crippen LogP contribution in [0.1, 0.15) is 45.6 Å². The lowest BCUT2D eigenvalue weighted by Gasteiger charge is -2.19. The highest BCUT2D eigenvalue weighted by molar-refractivity contribution is 5.81. The van der Waals surface area contributed by atoms with E-state index in [0.717, 1.165) is 37.9 Å². The number of likely N-dealkylation sites (tertiary alicyclic amines) is 1. The van der Waals surface area contributed by atoms with Gasteiger partial charge in [0.2, 0.25) is 5.91 Å². The van der Waals surface area contributed by atoms with Crippen molar-refractivity contribution in [1.29, 1.82) is 0 Å². The number of carbonyl (C=O) groups excluding carboxylic acids is 2. The molecule has 2 unspecified atom stereocenters. The first-order valence-electron chi connectivity index (χ1n) is 9.53. The van der Waals surface area contributed by atoms with Crippen LogP contribution in [0.4, 0.5) is 0 Å². The van der Waals surface area contributed by atoms with Crippen LogP contribution in [0.5, 0.6) is 5.75 Å². The first kappa shape index (κ1) is 20.2. The van der Waals surface area contributed by atoms with Gasteiger partial charge in [-0.3, -0.25) is 9.59 Å². The number of carbonyl (C=O) groups is 2. The highest BCUT2D eigenvalue weighted by Gasteiger charge is 2.19. The molecule has 2 amide bonds. The first-order chi connectivity index (χ1) is 12.5. The minimum Gasteiger partial charge on any atom is -0.483 e. The SMILES string of the molecule is CCC(C)NC(=O)C(C)NCc1ccccc1OCC(=O)N1CCCC1. The molecule has 0 aliphatic carbocycles. The Morgan fingerprint density at radius 2 is 1.88 bits per heavy atom. The van der Waals surface area contributed by atoms with Crippen molar-refractivity contribution < 1.29 is 14.3 Å². The van der Waals surface area contributed by atoms with Gasteiger partial charge in [-0.25, -0.2) is 0 Å². The molecule has 2 rings (SSSR count). The average Bonchev–Trinajstić information content (AvgIpc) is 3.19. The Labute approximate surface area is 156 Å². The second-order valence-corrected chi connectivity index (χ2v) is 6.90. The molecule has 1 aromatic carbocycles. The molecule has 6 heteroatoms. The quantitative estimate of drug-likeness (QED) is 0.706. The molecule has 0 radical (unpaired) electrons. The van der Waals surface area contributed by atoms with Crippen LogP contribution in [0.3, 0.4) is 0 Å². The molecule has 1 aliphatic rings. The molecule has 0 spiro atoms. The lowest BCUT2D eigenvalue weighted by molar-refractivity contribution is -0.132. The van der Waals surface area contributed by atoms with Gasteiger partial charge in [-0.1, -0.05) is 25.1 Å². The molecule has 1 fully saturated rings. The van der Waals surface area contributed by atoms with Crippen LogP contribution in [0, 0.1) is 0 Å². The standard InChI is InChI=1S/C20H31N3O3/c1-4-15(2)22-20(25)16(3)21-13-17-9-5-6-10-18(17)26-14-19(24)23-11-7-8-12-23/h5-6,9-10,15-16,21H,4,7-8,11-14H2,1-3H3,(H,22,25). The minimum absolute atomic E-state index is 0.0121. The van der Waals surface area contributed by atoms with Crippen LogP contribution in [-0.2, 0) is 16.1 Å². The third-order valence-electron chi connectivity index (χ3n) is 4.78. The van der Waals surface area contributed by atoms with E-state index in [1.165, 1.54) is 0 Å². The summed E-state index contributed by atoms with van der Waals surface area (Å²) in [5.41, 5.74) is 0.935. The number of hydrogen-bond donors (Lipinski definition) is 2. The summed E-state index contributed by atoms with van der Waals surface area (Å²) >= 11 is 0. The Hall–Kier alpha value is -2.08. The van der Waals surface area contributed by atoms with Gasteiger partial charge in [-0.05, 0) is 39.2 Å². The van der Waals surface area contributed by atoms with Gasteiger partial charge in [-0.2, -0.15) is 0 Å². The van der Waals surface area contributed by atoms with E-state index in [2.05, 4.69) is 10.6 Å². The maximum atomic E-state index is 12.1. The fourth-order valence-corrected chi connectivity index (χ4v) is 2.81. The molecule has 1 aliphatic heterocycles. The fourth-order valence-electron chi connectivity index (χ4n) is 2.81. The summed E-state index contributed by atoms with van der Waals surface area (Å²) in [6.07, 6.45) is 3.05. The summed E-state index contributed by atoms with van der Waals surface area (Å²) in [4.78, 5) is 26.1. The van der Waals surface area contributed by atoms with Gasteiger partial charge in [0.15, 0.2) is 6.61 Å². The van der Waals surface area contributed by atoms with Crippen LogP contribution < -0.4 is 15.4 Å². The smallest absolute Gasteiger partial charge is 0.260 e. The summed E-state index contributed by atoms with van der Waals surface area (Å²) in [7, 11) is 0. The number of benzene rings is 1. The normalized spacial score (nSPS) is 16.2. The van der Waals surface area contributed by atoms with Crippen LogP contribution in [0.15, 0.2) is 24.3 Å². The topological polar surface area (TPSA) is 70.7 Å². The Morgan fingerprint density at radius 3 is 2.58 bits per heavy atom. The van der Waals surface area contributed by atoms with E-state index < -0.39 is 0 Å². The molecule has 0 bridgehead atoms. The number of amides is 2. The molecule has 0 saturated carbocycles. The van der Waals surface area contributed by atoms with Gasteiger partial charge >= 0.3 is 0 Å². The van der Waals surface area contributed by atoms with Crippen molar-refractivity contribution in [3.05, 3.63) is 29.8 Å². The van der Waals surface area contributed by atoms with E-state index in [4.69, 9.17) is 4.74 Å². The number of nitrogens with one attached hydrogen (secondary N) is 2. The summed E-state index contributed by atoms with van der Waals surface area (Å²) in [6.45, 7) is 8.09. The van der Waals surface area contributed by atoms with Gasteiger partial charge < -0.3 is 20.3 Å². The second-order valence-electron chi connectivity index (χ2n) is 6.90. The average molecular weight is 361 g/mol. The summed E-state index contributed by atoms with van der Waals surface area (Å²) < 4.78 is 5.75. The molecule has 6 nitrogen and oxygen atoms in total. The number of ether oxygens (including phenoxy) is 1. The third kappa shape index (κ3) is 6.02. The zero-order valence-corrected chi connectivity index (χ0v) is 16.1. The van der Waals surface area contributed by atoms with Crippen LogP contribution in [-0.4, -0.2) is 48.5 Å². The van der Waals surface area contributed by atoms with Crippen LogP contribution in [0.25, 0.3) is 0 Å². The number of nitrogens with zero attached hydrogens (tertiary/aromatic N) is 1. The van der Waals surface area contributed by atoms with Crippen molar-refractivity contribution in [2.24, 2.45) is 0 Å². The monoisotopic (exact) mass is 361 g/mol. The Morgan fingerprint density at radius 1 is 1.19 bits per heavy atom. The first-order valence-corrected chi connectivity index (χ1v) is 9.53. The highest BCUT2D eigenvalue weighted by atomic mass is 16.5. The van der Waals surface area contributed by atoms with Gasteiger partial charge in [0.05, 0.1) is 6.04 Å². The van der Waals surface area contributed by atoms with Crippen molar-refractivity contribution in [2.75, 3.05) is 19.7 Å². The van der Waals surface area contributed by atoms with Crippen molar-refractivity contribution in [3.63, 3.8) is 0 Å². The van der Waals surface area contributed by atoms with Crippen molar-refractivity contribution in [1.82, 2.24) is 15.5 Å². The van der Waals surface area contributed by atoms with Gasteiger partial charge in [0, 0.05) is 31.2 Å². The molecule has 1 aromatic rings. The maximum absolute atomic E-state index is 12.1. The van der Waals surface area contributed by atoms with Crippen molar-refractivity contribution in [3.8, 4) is 5.75 Å². The van der Waals surface area contributed by atoms with Crippen molar-refractivity contribution >= 4 is 11.8 Å². The highest BCUT2D eigenvalue weighted by Crippen LogP contribution is 2.18. The predicted molar refractivity (Wildman–Crippen MR) is 102 cm³/mol. The lowest BCUT2D eigenvalue weighted by Crippen LogP contribution is -2.45. The van der Waals surface area contributed by atoms with Gasteiger partial charge in [0.25, 0.3) is 5.91 Å². The summed E-state index contributed by atoms with van der Waals surface area (Å²) in [5, 5.41) is 6.19. The Balaban J connectivity index is 1.85. The number of rotatable bonds is 9. The van der Waals surface area contributed by atoms with E-state index >= 15 is 0 Å². The van der Waals surface area contributed by atoms with Gasteiger partial charge in [0.1, 0.15) is 5.75 Å². The van der Waals surface area contributed by atoms with Crippen LogP contribution >= 0.6 is 0 Å². The molecular formula is C20H31N3O3. The number of hydrogen-bond acceptors (Lipinski definition) is 4. The predicted octanol–water partition coefficient (Wildman–Crippen LogP) is 2.08. The van der Waals surface area contributed by atoms with Crippen LogP contribution in [0.2, 0.25) is 0 Å². The molecule has 0 aromatic heterocycles. The summed E-state index contributed by atoms with van der Waals surface area (Å²) in [5.74, 6) is 0.704. The van der Waals surface area contributed by atoms with E-state index in [1.807, 2.05) is 49.9 Å². The molecule has 2 N–H and O–H groups in total. The molecule has 2 atom stereocenters. The van der Waals surface area contributed by atoms with Crippen molar-refractivity contribution in [2.45, 2.75) is 58.7 Å². The van der Waals surface area contributed by atoms with E-state index in [-0.39, 0.29) is 30.5 Å². The molecule has 1 saturated heterocycles. The Bertz CT molecular complexity index is 600. The molecular weight excluding hydrogens is 330 g/mol. The molecule has 1 heterocycles. The third-order valence-corrected chi connectivity index (χ3v) is 4.78. The zero-order chi connectivity index (χ0) is 18.9. The van der Waals surface area contributed by atoms with E-state index in [9.17, 15) is 9.59 Å². The number of para-hydroxylation sites is 1. The molecule has 26 heavy (non-hydrogen) atoms. The molecule has 144 valence electrons. The minimum atomic E-state index is -0.303. The van der Waals surface area contributed by atoms with Gasteiger partial charge in [-0.15, -0.1) is 0 Å².